The van der Waals surface area contributed by atoms with E-state index in [1.807, 2.05) is 6.92 Å². The Morgan fingerprint density at radius 2 is 2.37 bits per heavy atom. The van der Waals surface area contributed by atoms with Crippen molar-refractivity contribution < 1.29 is 5.11 Å². The zero-order valence-corrected chi connectivity index (χ0v) is 12.7. The molecular weight excluding hydrogens is 332 g/mol. The van der Waals surface area contributed by atoms with Gasteiger partial charge < -0.3 is 10.4 Å². The van der Waals surface area contributed by atoms with Gasteiger partial charge in [-0.2, -0.15) is 9.61 Å². The largest absolute Gasteiger partial charge is 0.390 e. The first kappa shape index (κ1) is 13.1. The van der Waals surface area contributed by atoms with Crippen molar-refractivity contribution in [3.63, 3.8) is 0 Å². The highest BCUT2D eigenvalue weighted by molar-refractivity contribution is 9.10. The van der Waals surface area contributed by atoms with Crippen LogP contribution in [0.25, 0.3) is 5.65 Å². The van der Waals surface area contributed by atoms with Gasteiger partial charge in [0.25, 0.3) is 0 Å². The summed E-state index contributed by atoms with van der Waals surface area (Å²) in [7, 11) is 0. The summed E-state index contributed by atoms with van der Waals surface area (Å²) in [4.78, 5) is 4.22. The lowest BCUT2D eigenvalue weighted by atomic mass is 9.72. The molecule has 0 atom stereocenters. The number of aliphatic hydroxyl groups is 1. The molecule has 5 nitrogen and oxygen atoms in total. The van der Waals surface area contributed by atoms with Gasteiger partial charge in [0.1, 0.15) is 11.0 Å². The second-order valence-electron chi connectivity index (χ2n) is 5.34. The minimum atomic E-state index is -0.494. The zero-order chi connectivity index (χ0) is 13.6. The van der Waals surface area contributed by atoms with Crippen LogP contribution in [0.5, 0.6) is 0 Å². The molecule has 0 aromatic carbocycles. The molecule has 2 aromatic rings. The van der Waals surface area contributed by atoms with E-state index in [9.17, 15) is 5.11 Å². The molecule has 7 heteroatoms. The van der Waals surface area contributed by atoms with Crippen LogP contribution in [0.3, 0.4) is 0 Å². The number of nitrogens with one attached hydrogen (secondary N) is 1. The molecule has 1 saturated carbocycles. The summed E-state index contributed by atoms with van der Waals surface area (Å²) in [6.07, 6.45) is 3.34. The number of anilines is 1. The van der Waals surface area contributed by atoms with Crippen molar-refractivity contribution in [1.29, 1.82) is 0 Å². The van der Waals surface area contributed by atoms with E-state index in [1.165, 1.54) is 0 Å². The fourth-order valence-corrected chi connectivity index (χ4v) is 3.14. The van der Waals surface area contributed by atoms with Crippen LogP contribution in [0.15, 0.2) is 16.7 Å². The molecule has 0 aliphatic heterocycles. The second kappa shape index (κ2) is 4.61. The third-order valence-electron chi connectivity index (χ3n) is 3.43. The lowest BCUT2D eigenvalue weighted by Gasteiger charge is -2.41. The van der Waals surface area contributed by atoms with Crippen LogP contribution in [0.2, 0.25) is 5.15 Å². The third kappa shape index (κ3) is 2.57. The molecule has 3 rings (SSSR count). The summed E-state index contributed by atoms with van der Waals surface area (Å²) in [5, 5.41) is 17.7. The van der Waals surface area contributed by atoms with Crippen molar-refractivity contribution in [2.45, 2.75) is 25.4 Å². The van der Waals surface area contributed by atoms with Crippen molar-refractivity contribution in [2.24, 2.45) is 5.92 Å². The predicted molar refractivity (Wildman–Crippen MR) is 77.5 cm³/mol. The molecule has 19 heavy (non-hydrogen) atoms. The van der Waals surface area contributed by atoms with Gasteiger partial charge in [-0.25, -0.2) is 4.98 Å². The van der Waals surface area contributed by atoms with E-state index in [4.69, 9.17) is 11.6 Å². The van der Waals surface area contributed by atoms with E-state index in [0.717, 1.165) is 29.7 Å². The Hall–Kier alpha value is -0.850. The molecule has 0 amide bonds. The molecule has 0 saturated heterocycles. The van der Waals surface area contributed by atoms with Crippen molar-refractivity contribution in [3.05, 3.63) is 21.9 Å². The Bertz CT molecular complexity index is 619. The van der Waals surface area contributed by atoms with Crippen molar-refractivity contribution >= 4 is 39.0 Å². The Kier molecular flexibility index (Phi) is 3.19. The molecule has 102 valence electrons. The molecule has 1 aliphatic carbocycles. The van der Waals surface area contributed by atoms with Gasteiger partial charge in [-0.1, -0.05) is 11.6 Å². The van der Waals surface area contributed by atoms with Crippen molar-refractivity contribution in [1.82, 2.24) is 14.6 Å². The van der Waals surface area contributed by atoms with Crippen molar-refractivity contribution in [3.8, 4) is 0 Å². The fourth-order valence-electron chi connectivity index (χ4n) is 2.61. The minimum Gasteiger partial charge on any atom is -0.390 e. The molecule has 0 bridgehead atoms. The average molecular weight is 346 g/mol. The van der Waals surface area contributed by atoms with Crippen LogP contribution >= 0.6 is 27.5 Å². The number of hydrogen-bond donors (Lipinski definition) is 2. The molecule has 2 N–H and O–H groups in total. The van der Waals surface area contributed by atoms with Gasteiger partial charge in [-0.3, -0.25) is 0 Å². The quantitative estimate of drug-likeness (QED) is 0.840. The first-order chi connectivity index (χ1) is 8.94. The third-order valence-corrected chi connectivity index (χ3v) is 4.18. The maximum Gasteiger partial charge on any atom is 0.173 e. The van der Waals surface area contributed by atoms with E-state index in [2.05, 4.69) is 31.3 Å². The summed E-state index contributed by atoms with van der Waals surface area (Å²) in [6, 6.07) is 1.75. The van der Waals surface area contributed by atoms with Crippen molar-refractivity contribution in [2.75, 3.05) is 11.9 Å². The molecule has 0 spiro atoms. The number of fused-ring (bicyclic) bond motifs is 1. The summed E-state index contributed by atoms with van der Waals surface area (Å²) < 4.78 is 2.52. The number of hydrogen-bond acceptors (Lipinski definition) is 4. The maximum atomic E-state index is 9.72. The molecule has 1 aliphatic rings. The van der Waals surface area contributed by atoms with Gasteiger partial charge in [-0.05, 0) is 41.6 Å². The molecule has 0 radical (unpaired) electrons. The number of nitrogens with zero attached hydrogens (tertiary/aromatic N) is 3. The van der Waals surface area contributed by atoms with Crippen LogP contribution in [0, 0.1) is 5.92 Å². The maximum absolute atomic E-state index is 9.72. The lowest BCUT2D eigenvalue weighted by Crippen LogP contribution is -2.43. The van der Waals surface area contributed by atoms with E-state index >= 15 is 0 Å². The van der Waals surface area contributed by atoms with E-state index in [1.54, 1.807) is 16.8 Å². The minimum absolute atomic E-state index is 0.428. The van der Waals surface area contributed by atoms with Gasteiger partial charge in [-0.15, -0.1) is 0 Å². The summed E-state index contributed by atoms with van der Waals surface area (Å²) in [5.74, 6) is 1.29. The highest BCUT2D eigenvalue weighted by atomic mass is 79.9. The Balaban J connectivity index is 1.77. The number of halogens is 2. The first-order valence-electron chi connectivity index (χ1n) is 6.11. The van der Waals surface area contributed by atoms with Crippen LogP contribution in [-0.4, -0.2) is 31.9 Å². The number of aromatic nitrogens is 3. The van der Waals surface area contributed by atoms with Crippen LogP contribution in [-0.2, 0) is 0 Å². The predicted octanol–water partition coefficient (Wildman–Crippen LogP) is 2.72. The smallest absolute Gasteiger partial charge is 0.173 e. The van der Waals surface area contributed by atoms with Gasteiger partial charge in [0.05, 0.1) is 16.3 Å². The normalized spacial score (nSPS) is 26.4. The van der Waals surface area contributed by atoms with Gasteiger partial charge in [0.15, 0.2) is 5.65 Å². The zero-order valence-electron chi connectivity index (χ0n) is 10.4. The monoisotopic (exact) mass is 344 g/mol. The highest BCUT2D eigenvalue weighted by Crippen LogP contribution is 2.37. The molecule has 0 unspecified atom stereocenters. The second-order valence-corrected chi connectivity index (χ2v) is 6.59. The summed E-state index contributed by atoms with van der Waals surface area (Å²) in [6.45, 7) is 2.67. The molecule has 2 heterocycles. The van der Waals surface area contributed by atoms with Crippen LogP contribution < -0.4 is 5.32 Å². The molecule has 1 fully saturated rings. The van der Waals surface area contributed by atoms with E-state index in [-0.39, 0.29) is 0 Å². The average Bonchev–Trinajstić information content (AvgIpc) is 2.65. The standard InChI is InChI=1S/C12H14BrClN4O/c1-12(19)3-7(4-12)5-15-10-2-9(14)17-11-8(13)6-16-18(10)11/h2,6-7,15,19H,3-5H2,1H3. The van der Waals surface area contributed by atoms with E-state index in [0.29, 0.717) is 16.7 Å². The van der Waals surface area contributed by atoms with Gasteiger partial charge in [0, 0.05) is 12.6 Å². The van der Waals surface area contributed by atoms with Crippen LogP contribution in [0.1, 0.15) is 19.8 Å². The lowest BCUT2D eigenvalue weighted by molar-refractivity contribution is -0.0523. The molecule has 2 aromatic heterocycles. The topological polar surface area (TPSA) is 62.5 Å². The summed E-state index contributed by atoms with van der Waals surface area (Å²) >= 11 is 9.40. The Morgan fingerprint density at radius 1 is 1.63 bits per heavy atom. The Labute approximate surface area is 124 Å². The first-order valence-corrected chi connectivity index (χ1v) is 7.28. The number of rotatable bonds is 3. The van der Waals surface area contributed by atoms with Gasteiger partial charge in [0.2, 0.25) is 0 Å². The van der Waals surface area contributed by atoms with E-state index < -0.39 is 5.60 Å². The van der Waals surface area contributed by atoms with Crippen LogP contribution in [0.4, 0.5) is 5.82 Å². The van der Waals surface area contributed by atoms with Gasteiger partial charge >= 0.3 is 0 Å². The highest BCUT2D eigenvalue weighted by Gasteiger charge is 2.37. The Morgan fingerprint density at radius 3 is 3.05 bits per heavy atom. The fraction of sp³-hybridized carbons (Fsp3) is 0.500. The molecular formula is C12H14BrClN4O. The SMILES string of the molecule is CC1(O)CC(CNc2cc(Cl)nc3c(Br)cnn23)C1. The summed E-state index contributed by atoms with van der Waals surface area (Å²) in [5.41, 5.74) is 0.197.